The predicted molar refractivity (Wildman–Crippen MR) is 84.9 cm³/mol. The van der Waals surface area contributed by atoms with Crippen LogP contribution in [0.2, 0.25) is 0 Å². The van der Waals surface area contributed by atoms with E-state index in [1.54, 1.807) is 11.3 Å². The highest BCUT2D eigenvalue weighted by molar-refractivity contribution is 7.09. The van der Waals surface area contributed by atoms with Crippen molar-refractivity contribution in [2.45, 2.75) is 19.7 Å². The van der Waals surface area contributed by atoms with E-state index in [2.05, 4.69) is 26.7 Å². The van der Waals surface area contributed by atoms with E-state index in [0.29, 0.717) is 17.9 Å². The third-order valence-electron chi connectivity index (χ3n) is 2.70. The molecule has 0 aliphatic heterocycles. The average molecular weight is 341 g/mol. The minimum atomic E-state index is -4.70. The van der Waals surface area contributed by atoms with Crippen LogP contribution < -0.4 is 10.1 Å². The Balaban J connectivity index is 1.99. The minimum Gasteiger partial charge on any atom is -0.406 e. The van der Waals surface area contributed by atoms with Crippen LogP contribution in [0.1, 0.15) is 10.7 Å². The lowest BCUT2D eigenvalue weighted by atomic mass is 10.3. The Morgan fingerprint density at radius 3 is 2.61 bits per heavy atom. The van der Waals surface area contributed by atoms with Gasteiger partial charge in [-0.15, -0.1) is 24.5 Å². The summed E-state index contributed by atoms with van der Waals surface area (Å²) in [4.78, 5) is 8.18. The van der Waals surface area contributed by atoms with Crippen molar-refractivity contribution in [3.05, 3.63) is 52.2 Å². The summed E-state index contributed by atoms with van der Waals surface area (Å²) in [5.74, 6) is 0.221. The molecule has 0 unspecified atom stereocenters. The van der Waals surface area contributed by atoms with Crippen LogP contribution in [0.5, 0.6) is 5.75 Å². The number of alkyl halides is 3. The second kappa shape index (κ2) is 7.28. The monoisotopic (exact) mass is 341 g/mol. The van der Waals surface area contributed by atoms with Gasteiger partial charge in [-0.1, -0.05) is 0 Å². The first-order valence-electron chi connectivity index (χ1n) is 6.56. The van der Waals surface area contributed by atoms with Gasteiger partial charge in [0.2, 0.25) is 0 Å². The number of rotatable bonds is 6. The van der Waals surface area contributed by atoms with Gasteiger partial charge in [0.15, 0.2) is 0 Å². The summed E-state index contributed by atoms with van der Waals surface area (Å²) in [7, 11) is 0. The number of hydrogen-bond donors (Lipinski definition) is 1. The smallest absolute Gasteiger partial charge is 0.406 e. The van der Waals surface area contributed by atoms with Gasteiger partial charge in [-0.25, -0.2) is 9.98 Å². The third kappa shape index (κ3) is 5.74. The minimum absolute atomic E-state index is 0.280. The molecule has 1 aromatic carbocycles. The third-order valence-corrected chi connectivity index (χ3v) is 3.52. The highest BCUT2D eigenvalue weighted by Crippen LogP contribution is 2.24. The number of nitrogens with zero attached hydrogens (tertiary/aromatic N) is 2. The van der Waals surface area contributed by atoms with Crippen molar-refractivity contribution in [3.8, 4) is 5.75 Å². The van der Waals surface area contributed by atoms with E-state index in [9.17, 15) is 13.2 Å². The molecular weight excluding hydrogens is 327 g/mol. The molecular formula is C15H14F3N3OS. The zero-order valence-electron chi connectivity index (χ0n) is 12.2. The lowest BCUT2D eigenvalue weighted by Crippen LogP contribution is -2.17. The van der Waals surface area contributed by atoms with Crippen molar-refractivity contribution in [1.82, 2.24) is 4.98 Å². The maximum absolute atomic E-state index is 12.1. The largest absolute Gasteiger partial charge is 0.573 e. The molecule has 0 saturated heterocycles. The molecule has 0 aliphatic carbocycles. The SMILES string of the molecule is C=N/C(=C\Cc1csc(C)n1)Nc1ccc(OC(F)(F)F)cc1. The number of hydrogen-bond acceptors (Lipinski definition) is 5. The van der Waals surface area contributed by atoms with Crippen molar-refractivity contribution >= 4 is 23.7 Å². The first kappa shape index (κ1) is 17.0. The summed E-state index contributed by atoms with van der Waals surface area (Å²) >= 11 is 1.56. The van der Waals surface area contributed by atoms with E-state index < -0.39 is 6.36 Å². The van der Waals surface area contributed by atoms with Crippen LogP contribution in [0.25, 0.3) is 0 Å². The number of benzene rings is 1. The van der Waals surface area contributed by atoms with Gasteiger partial charge in [-0.3, -0.25) is 0 Å². The van der Waals surface area contributed by atoms with E-state index in [1.165, 1.54) is 24.3 Å². The summed E-state index contributed by atoms with van der Waals surface area (Å²) in [5.41, 5.74) is 1.50. The number of thiazole rings is 1. The zero-order chi connectivity index (χ0) is 16.9. The molecule has 0 radical (unpaired) electrons. The van der Waals surface area contributed by atoms with Gasteiger partial charge < -0.3 is 10.1 Å². The number of allylic oxidation sites excluding steroid dienone is 1. The van der Waals surface area contributed by atoms with E-state index in [4.69, 9.17) is 0 Å². The van der Waals surface area contributed by atoms with E-state index in [-0.39, 0.29) is 5.75 Å². The molecule has 0 amide bonds. The maximum atomic E-state index is 12.1. The van der Waals surface area contributed by atoms with Crippen LogP contribution in [-0.2, 0) is 6.42 Å². The molecule has 2 rings (SSSR count). The van der Waals surface area contributed by atoms with Gasteiger partial charge in [0.25, 0.3) is 0 Å². The van der Waals surface area contributed by atoms with Crippen LogP contribution in [0.4, 0.5) is 18.9 Å². The number of anilines is 1. The van der Waals surface area contributed by atoms with Crippen molar-refractivity contribution in [1.29, 1.82) is 0 Å². The molecule has 122 valence electrons. The molecule has 1 N–H and O–H groups in total. The number of aliphatic imine (C=N–C) groups is 1. The molecule has 8 heteroatoms. The molecule has 1 heterocycles. The lowest BCUT2D eigenvalue weighted by Gasteiger charge is -2.10. The molecule has 0 spiro atoms. The van der Waals surface area contributed by atoms with Gasteiger partial charge in [0, 0.05) is 17.5 Å². The average Bonchev–Trinajstić information content (AvgIpc) is 2.89. The summed E-state index contributed by atoms with van der Waals surface area (Å²) < 4.78 is 40.1. The Bertz CT molecular complexity index is 693. The summed E-state index contributed by atoms with van der Waals surface area (Å²) in [6.07, 6.45) is -2.31. The number of aromatic nitrogens is 1. The normalized spacial score (nSPS) is 12.1. The van der Waals surface area contributed by atoms with Crippen molar-refractivity contribution in [3.63, 3.8) is 0 Å². The Morgan fingerprint density at radius 2 is 2.09 bits per heavy atom. The standard InChI is InChI=1S/C15H14F3N3OS/c1-10-20-12(9-23-10)5-8-14(19-2)21-11-3-6-13(7-4-11)22-15(16,17)18/h3-4,6-9,21H,2,5H2,1H3/b14-8+. The second-order valence-corrected chi connectivity index (χ2v) is 5.57. The highest BCUT2D eigenvalue weighted by atomic mass is 32.1. The topological polar surface area (TPSA) is 46.5 Å². The van der Waals surface area contributed by atoms with Crippen LogP contribution >= 0.6 is 11.3 Å². The molecule has 1 aromatic heterocycles. The molecule has 23 heavy (non-hydrogen) atoms. The molecule has 0 aliphatic rings. The number of aryl methyl sites for hydroxylation is 1. The summed E-state index contributed by atoms with van der Waals surface area (Å²) in [6, 6.07) is 5.38. The van der Waals surface area contributed by atoms with Crippen LogP contribution in [0, 0.1) is 6.92 Å². The van der Waals surface area contributed by atoms with Gasteiger partial charge >= 0.3 is 6.36 Å². The molecule has 4 nitrogen and oxygen atoms in total. The predicted octanol–water partition coefficient (Wildman–Crippen LogP) is 4.55. The molecule has 0 saturated carbocycles. The highest BCUT2D eigenvalue weighted by Gasteiger charge is 2.30. The maximum Gasteiger partial charge on any atom is 0.573 e. The van der Waals surface area contributed by atoms with Crippen LogP contribution in [-0.4, -0.2) is 18.1 Å². The van der Waals surface area contributed by atoms with Gasteiger partial charge in [0.05, 0.1) is 10.7 Å². The first-order chi connectivity index (χ1) is 10.9. The van der Waals surface area contributed by atoms with Crippen molar-refractivity contribution < 1.29 is 17.9 Å². The quantitative estimate of drug-likeness (QED) is 0.784. The van der Waals surface area contributed by atoms with Crippen molar-refractivity contribution in [2.75, 3.05) is 5.32 Å². The molecule has 0 bridgehead atoms. The first-order valence-corrected chi connectivity index (χ1v) is 7.44. The van der Waals surface area contributed by atoms with Gasteiger partial charge in [-0.2, -0.15) is 0 Å². The Kier molecular flexibility index (Phi) is 5.38. The number of halogens is 3. The number of ether oxygens (including phenoxy) is 1. The van der Waals surface area contributed by atoms with E-state index in [0.717, 1.165) is 10.7 Å². The van der Waals surface area contributed by atoms with Gasteiger partial charge in [0.1, 0.15) is 11.6 Å². The van der Waals surface area contributed by atoms with Crippen LogP contribution in [0.15, 0.2) is 46.5 Å². The van der Waals surface area contributed by atoms with E-state index in [1.807, 2.05) is 18.4 Å². The Hall–Kier alpha value is -2.35. The Morgan fingerprint density at radius 1 is 1.39 bits per heavy atom. The summed E-state index contributed by atoms with van der Waals surface area (Å²) in [6.45, 7) is 5.39. The lowest BCUT2D eigenvalue weighted by molar-refractivity contribution is -0.274. The fraction of sp³-hybridized carbons (Fsp3) is 0.200. The second-order valence-electron chi connectivity index (χ2n) is 4.51. The van der Waals surface area contributed by atoms with E-state index >= 15 is 0 Å². The fourth-order valence-electron chi connectivity index (χ4n) is 1.75. The van der Waals surface area contributed by atoms with Crippen LogP contribution in [0.3, 0.4) is 0 Å². The zero-order valence-corrected chi connectivity index (χ0v) is 13.0. The number of nitrogens with one attached hydrogen (secondary N) is 1. The van der Waals surface area contributed by atoms with Gasteiger partial charge in [-0.05, 0) is 44.0 Å². The molecule has 0 atom stereocenters. The molecule has 2 aromatic rings. The van der Waals surface area contributed by atoms with Crippen molar-refractivity contribution in [2.24, 2.45) is 4.99 Å². The Labute approximate surface area is 135 Å². The summed E-state index contributed by atoms with van der Waals surface area (Å²) in [5, 5.41) is 5.90. The fourth-order valence-corrected chi connectivity index (χ4v) is 2.37. The molecule has 0 fully saturated rings.